The van der Waals surface area contributed by atoms with Crippen LogP contribution in [0.1, 0.15) is 25.3 Å². The zero-order valence-electron chi connectivity index (χ0n) is 15.0. The number of rotatable bonds is 4. The summed E-state index contributed by atoms with van der Waals surface area (Å²) in [5, 5.41) is 2.48. The topological polar surface area (TPSA) is 75.4 Å². The third-order valence-electron chi connectivity index (χ3n) is 5.25. The number of hydrogen-bond acceptors (Lipinski definition) is 4. The summed E-state index contributed by atoms with van der Waals surface area (Å²) in [4.78, 5) is 27.1. The van der Waals surface area contributed by atoms with Crippen LogP contribution in [0.25, 0.3) is 0 Å². The summed E-state index contributed by atoms with van der Waals surface area (Å²) in [7, 11) is 0. The fourth-order valence-corrected chi connectivity index (χ4v) is 4.77. The van der Waals surface area contributed by atoms with E-state index in [0.717, 1.165) is 19.4 Å². The predicted molar refractivity (Wildman–Crippen MR) is 101 cm³/mol. The number of carbonyl (C=O) groups is 2. The number of nitrogens with two attached hydrogens (primary N) is 1. The maximum Gasteiger partial charge on any atom is 0.246 e. The maximum atomic E-state index is 13.8. The number of halogens is 1. The molecule has 4 unspecified atom stereocenters. The molecule has 0 radical (unpaired) electrons. The normalized spacial score (nSPS) is 27.7. The molecule has 0 spiro atoms. The molecule has 2 saturated heterocycles. The number of nitrogens with one attached hydrogen (secondary N) is 1. The Labute approximate surface area is 157 Å². The minimum Gasteiger partial charge on any atom is -0.343 e. The van der Waals surface area contributed by atoms with Gasteiger partial charge in [0.15, 0.2) is 0 Å². The molecular weight excluding hydrogens is 353 g/mol. The average Bonchev–Trinajstić information content (AvgIpc) is 2.64. The second-order valence-electron chi connectivity index (χ2n) is 7.22. The molecule has 4 atom stereocenters. The Bertz CT molecular complexity index is 670. The molecule has 2 fully saturated rings. The number of thioether (sulfide) groups is 1. The Morgan fingerprint density at radius 1 is 1.46 bits per heavy atom. The third kappa shape index (κ3) is 4.38. The molecular formula is C19H26FN3O2S. The molecule has 3 rings (SSSR count). The number of carbonyl (C=O) groups excluding carboxylic acids is 2. The summed E-state index contributed by atoms with van der Waals surface area (Å²) >= 11 is 1.43. The van der Waals surface area contributed by atoms with E-state index < -0.39 is 6.04 Å². The number of nitrogens with zero attached hydrogens (tertiary/aromatic N) is 1. The van der Waals surface area contributed by atoms with Gasteiger partial charge in [-0.3, -0.25) is 9.59 Å². The van der Waals surface area contributed by atoms with Crippen molar-refractivity contribution in [2.24, 2.45) is 11.7 Å². The van der Waals surface area contributed by atoms with Gasteiger partial charge in [0.2, 0.25) is 11.8 Å². The summed E-state index contributed by atoms with van der Waals surface area (Å²) in [5.41, 5.74) is 6.52. The Hall–Kier alpha value is -1.60. The molecule has 2 aliphatic heterocycles. The van der Waals surface area contributed by atoms with E-state index in [9.17, 15) is 14.0 Å². The Morgan fingerprint density at radius 2 is 2.23 bits per heavy atom. The third-order valence-corrected chi connectivity index (χ3v) is 6.56. The van der Waals surface area contributed by atoms with Crippen LogP contribution in [0.4, 0.5) is 4.39 Å². The lowest BCUT2D eigenvalue weighted by Gasteiger charge is -2.38. The molecule has 7 heteroatoms. The van der Waals surface area contributed by atoms with Crippen molar-refractivity contribution in [3.8, 4) is 0 Å². The molecule has 2 amide bonds. The van der Waals surface area contributed by atoms with E-state index in [2.05, 4.69) is 5.32 Å². The van der Waals surface area contributed by atoms with Crippen LogP contribution in [0, 0.1) is 11.7 Å². The highest BCUT2D eigenvalue weighted by Gasteiger charge is 2.36. The second-order valence-corrected chi connectivity index (χ2v) is 8.46. The highest BCUT2D eigenvalue weighted by Crippen LogP contribution is 2.25. The molecule has 0 saturated carbocycles. The van der Waals surface area contributed by atoms with Crippen molar-refractivity contribution in [3.05, 3.63) is 35.6 Å². The van der Waals surface area contributed by atoms with Gasteiger partial charge in [0.1, 0.15) is 11.9 Å². The summed E-state index contributed by atoms with van der Waals surface area (Å²) in [6, 6.07) is 6.06. The molecule has 142 valence electrons. The summed E-state index contributed by atoms with van der Waals surface area (Å²) < 4.78 is 13.8. The number of hydrogen-bond donors (Lipinski definition) is 2. The van der Waals surface area contributed by atoms with Crippen LogP contribution in [0.5, 0.6) is 0 Å². The highest BCUT2D eigenvalue weighted by molar-refractivity contribution is 8.00. The van der Waals surface area contributed by atoms with E-state index in [-0.39, 0.29) is 28.9 Å². The van der Waals surface area contributed by atoms with Crippen molar-refractivity contribution >= 4 is 23.6 Å². The van der Waals surface area contributed by atoms with Crippen molar-refractivity contribution in [1.82, 2.24) is 10.2 Å². The van der Waals surface area contributed by atoms with Gasteiger partial charge >= 0.3 is 0 Å². The number of likely N-dealkylation sites (tertiary alicyclic amines) is 1. The predicted octanol–water partition coefficient (Wildman–Crippen LogP) is 1.55. The van der Waals surface area contributed by atoms with Crippen LogP contribution in [0.15, 0.2) is 24.3 Å². The lowest BCUT2D eigenvalue weighted by molar-refractivity contribution is -0.137. The molecule has 2 heterocycles. The van der Waals surface area contributed by atoms with Crippen LogP contribution in [0.3, 0.4) is 0 Å². The van der Waals surface area contributed by atoms with E-state index in [4.69, 9.17) is 5.73 Å². The molecule has 1 aromatic carbocycles. The van der Waals surface area contributed by atoms with Crippen molar-refractivity contribution in [2.75, 3.05) is 18.8 Å². The van der Waals surface area contributed by atoms with Crippen LogP contribution in [-0.4, -0.2) is 52.9 Å². The molecule has 0 bridgehead atoms. The van der Waals surface area contributed by atoms with Crippen molar-refractivity contribution in [3.63, 3.8) is 0 Å². The number of piperidine rings is 1. The summed E-state index contributed by atoms with van der Waals surface area (Å²) in [5.74, 6) is 0.315. The fraction of sp³-hybridized carbons (Fsp3) is 0.579. The van der Waals surface area contributed by atoms with E-state index in [0.29, 0.717) is 30.2 Å². The van der Waals surface area contributed by atoms with Crippen LogP contribution >= 0.6 is 11.8 Å². The van der Waals surface area contributed by atoms with Crippen molar-refractivity contribution < 1.29 is 14.0 Å². The SMILES string of the molecule is CC(N)C1CCCN(C(=O)C2CSC(Cc3ccccc3F)C(=O)N2)C1. The first-order chi connectivity index (χ1) is 12.5. The molecule has 26 heavy (non-hydrogen) atoms. The first kappa shape index (κ1) is 19.2. The van der Waals surface area contributed by atoms with Gasteiger partial charge < -0.3 is 16.0 Å². The van der Waals surface area contributed by atoms with Crippen LogP contribution in [-0.2, 0) is 16.0 Å². The van der Waals surface area contributed by atoms with Gasteiger partial charge in [0, 0.05) is 24.9 Å². The van der Waals surface area contributed by atoms with Gasteiger partial charge in [-0.05, 0) is 43.7 Å². The number of benzene rings is 1. The molecule has 0 aliphatic carbocycles. The summed E-state index contributed by atoms with van der Waals surface area (Å²) in [6.07, 6.45) is 2.32. The Kier molecular flexibility index (Phi) is 6.19. The molecule has 0 aromatic heterocycles. The van der Waals surface area contributed by atoms with Gasteiger partial charge in [0.25, 0.3) is 0 Å². The minimum absolute atomic E-state index is 0.0273. The van der Waals surface area contributed by atoms with E-state index in [1.54, 1.807) is 18.2 Å². The van der Waals surface area contributed by atoms with Gasteiger partial charge in [-0.25, -0.2) is 4.39 Å². The average molecular weight is 380 g/mol. The van der Waals surface area contributed by atoms with E-state index in [1.165, 1.54) is 17.8 Å². The number of amides is 2. The van der Waals surface area contributed by atoms with E-state index in [1.807, 2.05) is 11.8 Å². The van der Waals surface area contributed by atoms with Crippen LogP contribution in [0.2, 0.25) is 0 Å². The Morgan fingerprint density at radius 3 is 2.92 bits per heavy atom. The van der Waals surface area contributed by atoms with Crippen LogP contribution < -0.4 is 11.1 Å². The second kappa shape index (κ2) is 8.39. The maximum absolute atomic E-state index is 13.8. The monoisotopic (exact) mass is 379 g/mol. The van der Waals surface area contributed by atoms with Gasteiger partial charge in [-0.2, -0.15) is 0 Å². The Balaban J connectivity index is 1.57. The summed E-state index contributed by atoms with van der Waals surface area (Å²) in [6.45, 7) is 3.36. The van der Waals surface area contributed by atoms with Gasteiger partial charge in [0.05, 0.1) is 5.25 Å². The highest BCUT2D eigenvalue weighted by atomic mass is 32.2. The smallest absolute Gasteiger partial charge is 0.246 e. The molecule has 5 nitrogen and oxygen atoms in total. The van der Waals surface area contributed by atoms with E-state index >= 15 is 0 Å². The largest absolute Gasteiger partial charge is 0.343 e. The zero-order valence-corrected chi connectivity index (χ0v) is 15.8. The standard InChI is InChI=1S/C19H26FN3O2S/c1-12(21)14-6-4-8-23(10-14)19(25)16-11-26-17(18(24)22-16)9-13-5-2-3-7-15(13)20/h2-3,5,7,12,14,16-17H,4,6,8-11,21H2,1H3,(H,22,24). The van der Waals surface area contributed by atoms with Gasteiger partial charge in [-0.1, -0.05) is 18.2 Å². The minimum atomic E-state index is -0.504. The molecule has 3 N–H and O–H groups in total. The first-order valence-electron chi connectivity index (χ1n) is 9.15. The zero-order chi connectivity index (χ0) is 18.7. The van der Waals surface area contributed by atoms with Crippen molar-refractivity contribution in [1.29, 1.82) is 0 Å². The fourth-order valence-electron chi connectivity index (χ4n) is 3.60. The quantitative estimate of drug-likeness (QED) is 0.832. The lowest BCUT2D eigenvalue weighted by atomic mass is 9.92. The first-order valence-corrected chi connectivity index (χ1v) is 10.2. The van der Waals surface area contributed by atoms with Gasteiger partial charge in [-0.15, -0.1) is 11.8 Å². The lowest BCUT2D eigenvalue weighted by Crippen LogP contribution is -2.57. The molecule has 2 aliphatic rings. The van der Waals surface area contributed by atoms with Crippen molar-refractivity contribution in [2.45, 2.75) is 43.5 Å². The molecule has 1 aromatic rings.